The molecule has 1 aliphatic heterocycles. The predicted molar refractivity (Wildman–Crippen MR) is 287 cm³/mol. The van der Waals surface area contributed by atoms with Gasteiger partial charge in [-0.1, -0.05) is 93.0 Å². The summed E-state index contributed by atoms with van der Waals surface area (Å²) in [7, 11) is -4.02. The minimum absolute atomic E-state index is 0.0275. The Labute approximate surface area is 441 Å². The fourth-order valence-corrected chi connectivity index (χ4v) is 10.5. The van der Waals surface area contributed by atoms with E-state index in [1.807, 2.05) is 107 Å². The van der Waals surface area contributed by atoms with E-state index in [2.05, 4.69) is 40.9 Å². The van der Waals surface area contributed by atoms with Gasteiger partial charge in [0.25, 0.3) is 0 Å². The fraction of sp³-hybridized carbons (Fsp3) is 0.352. The fourth-order valence-electron chi connectivity index (χ4n) is 8.52. The number of aromatic nitrogens is 3. The summed E-state index contributed by atoms with van der Waals surface area (Å²) < 4.78 is 35.0. The quantitative estimate of drug-likeness (QED) is 0.0377. The molecule has 0 bridgehead atoms. The third-order valence-electron chi connectivity index (χ3n) is 12.4. The summed E-state index contributed by atoms with van der Waals surface area (Å²) in [5.41, 5.74) is 7.54. The molecule has 3 heterocycles. The average Bonchev–Trinajstić information content (AvgIpc) is 4.00. The number of anilines is 2. The van der Waals surface area contributed by atoms with Crippen molar-refractivity contribution in [1.29, 1.82) is 0 Å². The number of amides is 4. The van der Waals surface area contributed by atoms with Crippen LogP contribution in [0.25, 0.3) is 32.8 Å². The zero-order valence-corrected chi connectivity index (χ0v) is 44.5. The molecule has 17 nitrogen and oxygen atoms in total. The second-order valence-corrected chi connectivity index (χ2v) is 22.2. The summed E-state index contributed by atoms with van der Waals surface area (Å²) in [5.74, 6) is -0.910. The molecule has 390 valence electrons. The molecule has 1 fully saturated rings. The van der Waals surface area contributed by atoms with Crippen LogP contribution in [0.3, 0.4) is 0 Å². The number of halogens is 1. The van der Waals surface area contributed by atoms with Gasteiger partial charge in [-0.15, -0.1) is 11.3 Å². The van der Waals surface area contributed by atoms with Crippen molar-refractivity contribution < 1.29 is 37.4 Å². The zero-order chi connectivity index (χ0) is 53.2. The number of hydrogen-bond acceptors (Lipinski definition) is 13. The van der Waals surface area contributed by atoms with E-state index in [1.54, 1.807) is 17.6 Å². The smallest absolute Gasteiger partial charge is 0.246 e. The molecule has 0 saturated carbocycles. The van der Waals surface area contributed by atoms with E-state index in [0.29, 0.717) is 60.1 Å². The third-order valence-corrected chi connectivity index (χ3v) is 15.1. The number of nitrogens with one attached hydrogen (secondary N) is 5. The van der Waals surface area contributed by atoms with Gasteiger partial charge in [-0.05, 0) is 91.6 Å². The minimum Gasteiger partial charge on any atom is -0.493 e. The van der Waals surface area contributed by atoms with Gasteiger partial charge in [0.15, 0.2) is 0 Å². The Kier molecular flexibility index (Phi) is 18.2. The van der Waals surface area contributed by atoms with Crippen molar-refractivity contribution in [2.45, 2.75) is 96.4 Å². The van der Waals surface area contributed by atoms with Crippen molar-refractivity contribution in [3.63, 3.8) is 0 Å². The number of aryl methyl sites for hydroxylation is 1. The number of aliphatic hydroxyl groups is 1. The summed E-state index contributed by atoms with van der Waals surface area (Å²) >= 11 is 8.03. The van der Waals surface area contributed by atoms with E-state index in [-0.39, 0.29) is 29.7 Å². The van der Waals surface area contributed by atoms with Crippen molar-refractivity contribution in [2.75, 3.05) is 31.6 Å². The van der Waals surface area contributed by atoms with Crippen molar-refractivity contribution in [3.05, 3.63) is 125 Å². The van der Waals surface area contributed by atoms with Crippen LogP contribution in [0.5, 0.6) is 5.75 Å². The van der Waals surface area contributed by atoms with Crippen LogP contribution in [0.1, 0.15) is 77.6 Å². The SMILES string of the molecule is CC(=O)NC(C(=O)N1C[C@H](O)C[C@H]1C(=O)NC(C)c1ccc(-c2scnc2C)cc1OCCCCCNC(=O)CNS(=O)(=O)c1ccc(Nc2ncc(Cl)c(-c3cccc(-c4ccccc4)c3)n2)cc1)C(C)(C)C. The lowest BCUT2D eigenvalue weighted by Crippen LogP contribution is -2.57. The molecule has 0 aliphatic carbocycles. The molecule has 6 N–H and O–H groups in total. The number of rotatable bonds is 21. The molecule has 0 radical (unpaired) electrons. The molecular formula is C54H62ClN9O8S2. The summed E-state index contributed by atoms with van der Waals surface area (Å²) in [6, 6.07) is 27.2. The highest BCUT2D eigenvalue weighted by molar-refractivity contribution is 7.89. The van der Waals surface area contributed by atoms with Crippen LogP contribution >= 0.6 is 22.9 Å². The molecule has 1 aliphatic rings. The van der Waals surface area contributed by atoms with Crippen molar-refractivity contribution >= 4 is 68.2 Å². The first-order chi connectivity index (χ1) is 35.3. The highest BCUT2D eigenvalue weighted by Crippen LogP contribution is 2.36. The highest BCUT2D eigenvalue weighted by Gasteiger charge is 2.44. The van der Waals surface area contributed by atoms with Crippen LogP contribution in [0.4, 0.5) is 11.6 Å². The normalized spacial score (nSPS) is 15.5. The Morgan fingerprint density at radius 1 is 0.892 bits per heavy atom. The first-order valence-electron chi connectivity index (χ1n) is 24.3. The predicted octanol–water partition coefficient (Wildman–Crippen LogP) is 7.97. The summed E-state index contributed by atoms with van der Waals surface area (Å²) in [6.45, 7) is 10.7. The molecule has 6 aromatic rings. The monoisotopic (exact) mass is 1060 g/mol. The third kappa shape index (κ3) is 14.3. The van der Waals surface area contributed by atoms with Gasteiger partial charge in [-0.2, -0.15) is 0 Å². The number of likely N-dealkylation sites (tertiary alicyclic amines) is 1. The van der Waals surface area contributed by atoms with Crippen LogP contribution in [0.2, 0.25) is 5.02 Å². The Morgan fingerprint density at radius 2 is 1.62 bits per heavy atom. The maximum atomic E-state index is 13.9. The Bertz CT molecular complexity index is 3060. The number of aliphatic hydroxyl groups excluding tert-OH is 1. The lowest BCUT2D eigenvalue weighted by molar-refractivity contribution is -0.144. The lowest BCUT2D eigenvalue weighted by atomic mass is 9.85. The molecule has 4 aromatic carbocycles. The first-order valence-corrected chi connectivity index (χ1v) is 27.1. The van der Waals surface area contributed by atoms with Gasteiger partial charge in [0.1, 0.15) is 17.8 Å². The van der Waals surface area contributed by atoms with E-state index in [1.165, 1.54) is 41.5 Å². The summed E-state index contributed by atoms with van der Waals surface area (Å²) in [6.07, 6.45) is 2.57. The molecule has 74 heavy (non-hydrogen) atoms. The number of nitrogens with zero attached hydrogens (tertiary/aromatic N) is 4. The number of ether oxygens (including phenoxy) is 1. The van der Waals surface area contributed by atoms with E-state index in [9.17, 15) is 32.7 Å². The van der Waals surface area contributed by atoms with Gasteiger partial charge >= 0.3 is 0 Å². The summed E-state index contributed by atoms with van der Waals surface area (Å²) in [4.78, 5) is 68.1. The molecule has 2 aromatic heterocycles. The standard InChI is InChI=1S/C54H62ClN9O8S2/c1-33(60-51(68)45-28-41(66)31-64(45)52(69)50(54(4,5)6)61-35(3)65)43-23-18-39(49-34(2)58-32-73-49)27-46(43)72-25-12-8-11-24-56-47(67)30-59-74(70,71)42-21-19-40(20-22-42)62-53-57-29-44(55)48(63-53)38-17-13-16-37(26-38)36-14-9-7-10-15-36/h7,9-10,13-23,26-27,29,32-33,41,45,50,59,66H,8,11-12,24-25,28,30-31H2,1-6H3,(H,56,67)(H,60,68)(H,61,65)(H,57,62,63)/t33?,41-,45+,50?/m1/s1. The molecule has 4 amide bonds. The van der Waals surface area contributed by atoms with E-state index < -0.39 is 63.9 Å². The number of thiazole rings is 1. The maximum Gasteiger partial charge on any atom is 0.246 e. The molecule has 1 saturated heterocycles. The Morgan fingerprint density at radius 3 is 2.32 bits per heavy atom. The van der Waals surface area contributed by atoms with Gasteiger partial charge < -0.3 is 36.0 Å². The van der Waals surface area contributed by atoms with Crippen LogP contribution in [-0.2, 0) is 29.2 Å². The largest absolute Gasteiger partial charge is 0.493 e. The lowest BCUT2D eigenvalue weighted by Gasteiger charge is -2.35. The van der Waals surface area contributed by atoms with Gasteiger partial charge in [-0.25, -0.2) is 28.1 Å². The molecule has 4 atom stereocenters. The number of hydrogen-bond donors (Lipinski definition) is 6. The van der Waals surface area contributed by atoms with Gasteiger partial charge in [-0.3, -0.25) is 19.2 Å². The van der Waals surface area contributed by atoms with Gasteiger partial charge in [0.05, 0.1) is 63.2 Å². The molecule has 20 heteroatoms. The van der Waals surface area contributed by atoms with E-state index in [4.69, 9.17) is 16.3 Å². The van der Waals surface area contributed by atoms with Crippen molar-refractivity contribution in [3.8, 4) is 38.6 Å². The number of carbonyl (C=O) groups excluding carboxylic acids is 4. The van der Waals surface area contributed by atoms with Crippen LogP contribution < -0.4 is 30.7 Å². The topological polar surface area (TPSA) is 234 Å². The van der Waals surface area contributed by atoms with Gasteiger partial charge in [0.2, 0.25) is 39.6 Å². The zero-order valence-electron chi connectivity index (χ0n) is 42.1. The van der Waals surface area contributed by atoms with Crippen LogP contribution in [0.15, 0.2) is 114 Å². The summed E-state index contributed by atoms with van der Waals surface area (Å²) in [5, 5.41) is 22.6. The van der Waals surface area contributed by atoms with Crippen molar-refractivity contribution in [1.82, 2.24) is 40.5 Å². The Balaban J connectivity index is 0.876. The van der Waals surface area contributed by atoms with Crippen LogP contribution in [-0.4, -0.2) is 101 Å². The number of benzene rings is 4. The Hall–Kier alpha value is -6.77. The van der Waals surface area contributed by atoms with E-state index >= 15 is 0 Å². The number of β-amino-alcohol motifs (C(OH)–C–C–N with tert-alkyl or cyclic N) is 1. The average molecular weight is 1060 g/mol. The van der Waals surface area contributed by atoms with E-state index in [0.717, 1.165) is 32.8 Å². The minimum atomic E-state index is -4.02. The second-order valence-electron chi connectivity index (χ2n) is 19.2. The molecule has 7 rings (SSSR count). The van der Waals surface area contributed by atoms with Gasteiger partial charge in [0, 0.05) is 43.2 Å². The van der Waals surface area contributed by atoms with Crippen molar-refractivity contribution in [2.24, 2.45) is 5.41 Å². The first kappa shape index (κ1) is 55.0. The molecule has 2 unspecified atom stereocenters. The number of sulfonamides is 1. The maximum absolute atomic E-state index is 13.9. The molecule has 0 spiro atoms. The molecular weight excluding hydrogens is 1000 g/mol. The number of unbranched alkanes of at least 4 members (excludes halogenated alkanes) is 2. The highest BCUT2D eigenvalue weighted by atomic mass is 35.5. The number of carbonyl (C=O) groups is 4. The second kappa shape index (κ2) is 24.5. The van der Waals surface area contributed by atoms with Crippen LogP contribution in [0, 0.1) is 12.3 Å².